The van der Waals surface area contributed by atoms with Gasteiger partial charge in [-0.05, 0) is 25.0 Å². The van der Waals surface area contributed by atoms with Crippen molar-refractivity contribution >= 4 is 11.8 Å². The lowest BCUT2D eigenvalue weighted by Crippen LogP contribution is -1.99. The van der Waals surface area contributed by atoms with Crippen molar-refractivity contribution in [2.45, 2.75) is 44.9 Å². The molecule has 0 saturated carbocycles. The van der Waals surface area contributed by atoms with Crippen molar-refractivity contribution in [1.82, 2.24) is 6.15 Å². The minimum atomic E-state index is -0.755. The summed E-state index contributed by atoms with van der Waals surface area (Å²) in [7, 11) is 0. The summed E-state index contributed by atoms with van der Waals surface area (Å²) in [6.45, 7) is 0. The number of aliphatic carboxylic acids is 1. The molecule has 0 unspecified atom stereocenters. The Morgan fingerprint density at radius 3 is 2.05 bits per heavy atom. The van der Waals surface area contributed by atoms with E-state index in [1.807, 2.05) is 0 Å². The van der Waals surface area contributed by atoms with Crippen LogP contribution in [0.15, 0.2) is 24.3 Å². The molecule has 0 aromatic heterocycles. The molecule has 0 fully saturated rings. The molecule has 20 heavy (non-hydrogen) atoms. The van der Waals surface area contributed by atoms with Gasteiger partial charge in [0.05, 0.1) is 5.56 Å². The summed E-state index contributed by atoms with van der Waals surface area (Å²) in [5, 5.41) is 18.0. The molecule has 0 atom stereocenters. The van der Waals surface area contributed by atoms with Crippen molar-refractivity contribution in [2.24, 2.45) is 0 Å². The van der Waals surface area contributed by atoms with E-state index in [2.05, 4.69) is 0 Å². The lowest BCUT2D eigenvalue weighted by Gasteiger charge is -2.03. The van der Waals surface area contributed by atoms with Crippen molar-refractivity contribution in [3.05, 3.63) is 29.8 Å². The fraction of sp³-hybridized carbons (Fsp3) is 0.467. The molecular weight excluding hydrogens is 258 g/mol. The van der Waals surface area contributed by atoms with E-state index in [0.717, 1.165) is 25.7 Å². The number of Topliss-reactive ketones (excluding diaryl/α,β-unsaturated/α-hetero) is 1. The molecule has 1 aromatic carbocycles. The van der Waals surface area contributed by atoms with Gasteiger partial charge < -0.3 is 16.4 Å². The number of rotatable bonds is 9. The number of carboxylic acid groups (broad SMARTS) is 1. The molecule has 112 valence electrons. The maximum Gasteiger partial charge on any atom is 0.303 e. The summed E-state index contributed by atoms with van der Waals surface area (Å²) in [4.78, 5) is 22.1. The van der Waals surface area contributed by atoms with E-state index in [-0.39, 0.29) is 24.1 Å². The molecule has 0 radical (unpaired) electrons. The number of hydrogen-bond acceptors (Lipinski definition) is 4. The maximum absolute atomic E-state index is 11.8. The van der Waals surface area contributed by atoms with Gasteiger partial charge in [0.25, 0.3) is 0 Å². The predicted octanol–water partition coefficient (Wildman–Crippen LogP) is 3.55. The summed E-state index contributed by atoms with van der Waals surface area (Å²) in [5.41, 5.74) is 0.383. The number of ketones is 1. The van der Waals surface area contributed by atoms with Gasteiger partial charge in [0.2, 0.25) is 0 Å². The van der Waals surface area contributed by atoms with Gasteiger partial charge in [-0.2, -0.15) is 0 Å². The van der Waals surface area contributed by atoms with Crippen molar-refractivity contribution in [1.29, 1.82) is 0 Å². The Morgan fingerprint density at radius 2 is 1.45 bits per heavy atom. The predicted molar refractivity (Wildman–Crippen MR) is 77.4 cm³/mol. The standard InChI is InChI=1S/C15H20O4.H3N/c16-13(12-8-6-7-10-14(12)17)9-4-2-1-3-5-11-15(18)19;/h6-8,10,17H,1-5,9,11H2,(H,18,19);1H3. The molecule has 0 spiro atoms. The first-order valence-electron chi connectivity index (χ1n) is 6.64. The van der Waals surface area contributed by atoms with Gasteiger partial charge in [-0.1, -0.05) is 31.4 Å². The molecule has 0 aliphatic rings. The van der Waals surface area contributed by atoms with Gasteiger partial charge >= 0.3 is 5.97 Å². The van der Waals surface area contributed by atoms with E-state index >= 15 is 0 Å². The molecule has 0 bridgehead atoms. The molecule has 5 N–H and O–H groups in total. The lowest BCUT2D eigenvalue weighted by atomic mass is 10.0. The summed E-state index contributed by atoms with van der Waals surface area (Å²) >= 11 is 0. The molecular formula is C15H23NO4. The van der Waals surface area contributed by atoms with Crippen LogP contribution in [0.1, 0.15) is 55.3 Å². The van der Waals surface area contributed by atoms with E-state index in [4.69, 9.17) is 5.11 Å². The second-order valence-electron chi connectivity index (χ2n) is 4.60. The number of unbranched alkanes of at least 4 members (excludes halogenated alkanes) is 4. The van der Waals surface area contributed by atoms with Crippen molar-refractivity contribution in [3.8, 4) is 5.75 Å². The Kier molecular flexibility index (Phi) is 9.04. The Hall–Kier alpha value is -1.88. The number of phenols is 1. The van der Waals surface area contributed by atoms with Gasteiger partial charge in [-0.15, -0.1) is 0 Å². The largest absolute Gasteiger partial charge is 0.507 e. The average molecular weight is 281 g/mol. The van der Waals surface area contributed by atoms with Gasteiger partial charge in [0.15, 0.2) is 5.78 Å². The third-order valence-electron chi connectivity index (χ3n) is 3.00. The average Bonchev–Trinajstić information content (AvgIpc) is 2.37. The van der Waals surface area contributed by atoms with E-state index < -0.39 is 5.97 Å². The molecule has 0 heterocycles. The molecule has 0 aliphatic heterocycles. The van der Waals surface area contributed by atoms with Crippen LogP contribution in [0, 0.1) is 0 Å². The molecule has 1 aromatic rings. The zero-order valence-electron chi connectivity index (χ0n) is 11.7. The van der Waals surface area contributed by atoms with Crippen LogP contribution in [0.25, 0.3) is 0 Å². The highest BCUT2D eigenvalue weighted by Gasteiger charge is 2.09. The van der Waals surface area contributed by atoms with E-state index in [1.54, 1.807) is 18.2 Å². The number of aromatic hydroxyl groups is 1. The molecule has 1 rings (SSSR count). The van der Waals surface area contributed by atoms with Crippen LogP contribution in [-0.2, 0) is 4.79 Å². The number of para-hydroxylation sites is 1. The van der Waals surface area contributed by atoms with Gasteiger partial charge in [-0.3, -0.25) is 9.59 Å². The number of carboxylic acids is 1. The number of benzene rings is 1. The zero-order chi connectivity index (χ0) is 14.1. The van der Waals surface area contributed by atoms with Crippen molar-refractivity contribution in [2.75, 3.05) is 0 Å². The van der Waals surface area contributed by atoms with E-state index in [9.17, 15) is 14.7 Å². The fourth-order valence-corrected chi connectivity index (χ4v) is 1.94. The van der Waals surface area contributed by atoms with E-state index in [1.165, 1.54) is 6.07 Å². The molecule has 0 amide bonds. The third-order valence-corrected chi connectivity index (χ3v) is 3.00. The van der Waals surface area contributed by atoms with Gasteiger partial charge in [0, 0.05) is 12.8 Å². The highest BCUT2D eigenvalue weighted by atomic mass is 16.4. The topological polar surface area (TPSA) is 110 Å². The van der Waals surface area contributed by atoms with Crippen molar-refractivity contribution in [3.63, 3.8) is 0 Å². The quantitative estimate of drug-likeness (QED) is 0.473. The zero-order valence-corrected chi connectivity index (χ0v) is 11.7. The lowest BCUT2D eigenvalue weighted by molar-refractivity contribution is -0.137. The molecule has 0 saturated heterocycles. The van der Waals surface area contributed by atoms with Gasteiger partial charge in [-0.25, -0.2) is 0 Å². The maximum atomic E-state index is 11.8. The third kappa shape index (κ3) is 6.89. The Bertz CT molecular complexity index is 432. The smallest absolute Gasteiger partial charge is 0.303 e. The minimum Gasteiger partial charge on any atom is -0.507 e. The second-order valence-corrected chi connectivity index (χ2v) is 4.60. The summed E-state index contributed by atoms with van der Waals surface area (Å²) < 4.78 is 0. The second kappa shape index (κ2) is 9.97. The molecule has 0 aliphatic carbocycles. The number of carbonyl (C=O) groups is 2. The van der Waals surface area contributed by atoms with Crippen LogP contribution in [-0.4, -0.2) is 22.0 Å². The van der Waals surface area contributed by atoms with Crippen LogP contribution in [0.3, 0.4) is 0 Å². The van der Waals surface area contributed by atoms with Crippen LogP contribution >= 0.6 is 0 Å². The molecule has 5 heteroatoms. The van der Waals surface area contributed by atoms with Crippen LogP contribution in [0.5, 0.6) is 5.75 Å². The van der Waals surface area contributed by atoms with E-state index in [0.29, 0.717) is 18.4 Å². The SMILES string of the molecule is N.O=C(O)CCCCCCCC(=O)c1ccccc1O. The van der Waals surface area contributed by atoms with Gasteiger partial charge in [0.1, 0.15) is 5.75 Å². The first-order valence-corrected chi connectivity index (χ1v) is 6.64. The highest BCUT2D eigenvalue weighted by Crippen LogP contribution is 2.19. The van der Waals surface area contributed by atoms with Crippen LogP contribution < -0.4 is 6.15 Å². The Balaban J connectivity index is 0.00000361. The van der Waals surface area contributed by atoms with Crippen molar-refractivity contribution < 1.29 is 19.8 Å². The minimum absolute atomic E-state index is 0. The molecule has 5 nitrogen and oxygen atoms in total. The Labute approximate surface area is 119 Å². The number of carbonyl (C=O) groups excluding carboxylic acids is 1. The summed E-state index contributed by atoms with van der Waals surface area (Å²) in [6.07, 6.45) is 4.87. The highest BCUT2D eigenvalue weighted by molar-refractivity contribution is 5.98. The first-order chi connectivity index (χ1) is 9.11. The monoisotopic (exact) mass is 281 g/mol. The first kappa shape index (κ1) is 18.1. The number of phenolic OH excluding ortho intramolecular Hbond substituents is 1. The Morgan fingerprint density at radius 1 is 0.900 bits per heavy atom. The fourth-order valence-electron chi connectivity index (χ4n) is 1.94. The van der Waals surface area contributed by atoms with Crippen LogP contribution in [0.2, 0.25) is 0 Å². The summed E-state index contributed by atoms with van der Waals surface area (Å²) in [6, 6.07) is 6.57. The normalized spacial score (nSPS) is 9.80. The summed E-state index contributed by atoms with van der Waals surface area (Å²) in [5.74, 6) is -0.757. The number of hydrogen-bond donors (Lipinski definition) is 3. The van der Waals surface area contributed by atoms with Crippen LogP contribution in [0.4, 0.5) is 0 Å².